The zero-order valence-corrected chi connectivity index (χ0v) is 10.7. The van der Waals surface area contributed by atoms with Crippen molar-refractivity contribution in [1.82, 2.24) is 4.90 Å². The third-order valence-electron chi connectivity index (χ3n) is 3.58. The summed E-state index contributed by atoms with van der Waals surface area (Å²) in [6, 6.07) is 0.893. The first-order valence-corrected chi connectivity index (χ1v) is 6.63. The van der Waals surface area contributed by atoms with E-state index < -0.39 is 0 Å². The lowest BCUT2D eigenvalue weighted by molar-refractivity contribution is 0.194. The molecule has 0 aromatic carbocycles. The molecule has 0 aromatic heterocycles. The Bertz CT molecular complexity index is 164. The summed E-state index contributed by atoms with van der Waals surface area (Å²) in [5.74, 6) is 1.40. The van der Waals surface area contributed by atoms with Crippen LogP contribution in [0.25, 0.3) is 0 Å². The Balaban J connectivity index is 2.34. The molecule has 0 heterocycles. The number of nitrogens with zero attached hydrogens (tertiary/aromatic N) is 1. The molecule has 90 valence electrons. The Morgan fingerprint density at radius 1 is 1.33 bits per heavy atom. The first-order chi connectivity index (χ1) is 7.19. The third-order valence-corrected chi connectivity index (χ3v) is 3.58. The predicted molar refractivity (Wildman–Crippen MR) is 66.9 cm³/mol. The topological polar surface area (TPSA) is 29.3 Å². The van der Waals surface area contributed by atoms with Crippen molar-refractivity contribution in [1.29, 1.82) is 0 Å². The molecule has 1 aliphatic carbocycles. The Hall–Kier alpha value is -0.0800. The van der Waals surface area contributed by atoms with Crippen LogP contribution in [0.2, 0.25) is 0 Å². The fourth-order valence-corrected chi connectivity index (χ4v) is 2.08. The van der Waals surface area contributed by atoms with Crippen molar-refractivity contribution < 1.29 is 0 Å². The monoisotopic (exact) mass is 212 g/mol. The molecule has 15 heavy (non-hydrogen) atoms. The van der Waals surface area contributed by atoms with Crippen LogP contribution in [0.3, 0.4) is 0 Å². The molecule has 1 fully saturated rings. The zero-order valence-electron chi connectivity index (χ0n) is 10.7. The molecular formula is C13H28N2. The Morgan fingerprint density at radius 2 is 2.00 bits per heavy atom. The highest BCUT2D eigenvalue weighted by atomic mass is 15.2. The van der Waals surface area contributed by atoms with E-state index in [1.165, 1.54) is 38.8 Å². The van der Waals surface area contributed by atoms with Gasteiger partial charge in [-0.2, -0.15) is 0 Å². The average Bonchev–Trinajstić information content (AvgIpc) is 3.01. The molecular weight excluding hydrogens is 184 g/mol. The highest BCUT2D eigenvalue weighted by Crippen LogP contribution is 2.28. The smallest absolute Gasteiger partial charge is 0.00965 e. The lowest BCUT2D eigenvalue weighted by atomic mass is 9.95. The van der Waals surface area contributed by atoms with Gasteiger partial charge < -0.3 is 10.6 Å². The second kappa shape index (κ2) is 6.49. The maximum atomic E-state index is 5.84. The maximum Gasteiger partial charge on any atom is 0.00965 e. The molecule has 1 saturated carbocycles. The minimum atomic E-state index is 0.683. The van der Waals surface area contributed by atoms with Gasteiger partial charge in [-0.15, -0.1) is 0 Å². The summed E-state index contributed by atoms with van der Waals surface area (Å²) in [6.45, 7) is 10.2. The van der Waals surface area contributed by atoms with Crippen molar-refractivity contribution in [3.05, 3.63) is 0 Å². The van der Waals surface area contributed by atoms with Gasteiger partial charge >= 0.3 is 0 Å². The van der Waals surface area contributed by atoms with Crippen molar-refractivity contribution in [3.63, 3.8) is 0 Å². The summed E-state index contributed by atoms with van der Waals surface area (Å²) >= 11 is 0. The second-order valence-corrected chi connectivity index (χ2v) is 5.32. The summed E-state index contributed by atoms with van der Waals surface area (Å²) in [7, 11) is 0. The molecule has 0 aliphatic heterocycles. The van der Waals surface area contributed by atoms with E-state index in [9.17, 15) is 0 Å². The lowest BCUT2D eigenvalue weighted by Crippen LogP contribution is -2.37. The van der Waals surface area contributed by atoms with Gasteiger partial charge in [0.1, 0.15) is 0 Å². The van der Waals surface area contributed by atoms with Crippen LogP contribution >= 0.6 is 0 Å². The van der Waals surface area contributed by atoms with Gasteiger partial charge in [0.05, 0.1) is 0 Å². The number of hydrogen-bond donors (Lipinski definition) is 1. The van der Waals surface area contributed by atoms with E-state index >= 15 is 0 Å². The number of rotatable bonds is 8. The van der Waals surface area contributed by atoms with Crippen LogP contribution in [0.1, 0.15) is 46.5 Å². The molecule has 0 radical (unpaired) electrons. The van der Waals surface area contributed by atoms with Crippen LogP contribution in [-0.4, -0.2) is 30.6 Å². The van der Waals surface area contributed by atoms with E-state index in [0.717, 1.165) is 18.5 Å². The molecule has 2 nitrogen and oxygen atoms in total. The summed E-state index contributed by atoms with van der Waals surface area (Å²) in [5, 5.41) is 0. The molecule has 0 spiro atoms. The molecule has 0 amide bonds. The highest BCUT2D eigenvalue weighted by molar-refractivity contribution is 4.86. The molecule has 2 heteroatoms. The fourth-order valence-electron chi connectivity index (χ4n) is 2.08. The van der Waals surface area contributed by atoms with Gasteiger partial charge in [0.25, 0.3) is 0 Å². The second-order valence-electron chi connectivity index (χ2n) is 5.32. The minimum absolute atomic E-state index is 0.683. The highest BCUT2D eigenvalue weighted by Gasteiger charge is 2.30. The maximum absolute atomic E-state index is 5.84. The van der Waals surface area contributed by atoms with E-state index in [0.29, 0.717) is 5.92 Å². The van der Waals surface area contributed by atoms with Crippen LogP contribution in [0, 0.1) is 11.8 Å². The number of unbranched alkanes of at least 4 members (excludes halogenated alkanes) is 1. The van der Waals surface area contributed by atoms with Gasteiger partial charge in [0, 0.05) is 12.6 Å². The van der Waals surface area contributed by atoms with Crippen molar-refractivity contribution in [2.75, 3.05) is 19.6 Å². The third kappa shape index (κ3) is 4.52. The molecule has 0 saturated heterocycles. The predicted octanol–water partition coefficient (Wildman–Crippen LogP) is 2.48. The summed E-state index contributed by atoms with van der Waals surface area (Å²) in [6.07, 6.45) is 5.47. The quantitative estimate of drug-likeness (QED) is 0.670. The largest absolute Gasteiger partial charge is 0.330 e. The molecule has 1 unspecified atom stereocenters. The van der Waals surface area contributed by atoms with Crippen LogP contribution in [0.4, 0.5) is 0 Å². The Labute approximate surface area is 95.2 Å². The van der Waals surface area contributed by atoms with E-state index in [4.69, 9.17) is 5.73 Å². The molecule has 2 N–H and O–H groups in total. The van der Waals surface area contributed by atoms with Crippen molar-refractivity contribution >= 4 is 0 Å². The van der Waals surface area contributed by atoms with Crippen molar-refractivity contribution in [3.8, 4) is 0 Å². The van der Waals surface area contributed by atoms with E-state index in [2.05, 4.69) is 25.7 Å². The lowest BCUT2D eigenvalue weighted by Gasteiger charge is -2.28. The average molecular weight is 212 g/mol. The normalized spacial score (nSPS) is 18.8. The van der Waals surface area contributed by atoms with Gasteiger partial charge in [-0.25, -0.2) is 0 Å². The zero-order chi connectivity index (χ0) is 11.3. The molecule has 0 bridgehead atoms. The summed E-state index contributed by atoms with van der Waals surface area (Å²) in [5.41, 5.74) is 5.84. The molecule has 1 atom stereocenters. The van der Waals surface area contributed by atoms with E-state index in [-0.39, 0.29) is 0 Å². The summed E-state index contributed by atoms with van der Waals surface area (Å²) in [4.78, 5) is 2.68. The standard InChI is InChI=1S/C13H28N2/c1-4-5-8-15(13-6-7-13)10-12(9-14)11(2)3/h11-13H,4-10,14H2,1-3H3. The SMILES string of the molecule is CCCCN(CC(CN)C(C)C)C1CC1. The van der Waals surface area contributed by atoms with Gasteiger partial charge in [-0.05, 0) is 44.2 Å². The Morgan fingerprint density at radius 3 is 2.40 bits per heavy atom. The van der Waals surface area contributed by atoms with Crippen LogP contribution in [-0.2, 0) is 0 Å². The molecule has 1 aliphatic rings. The van der Waals surface area contributed by atoms with Gasteiger partial charge in [0.2, 0.25) is 0 Å². The van der Waals surface area contributed by atoms with Gasteiger partial charge in [-0.1, -0.05) is 27.2 Å². The summed E-state index contributed by atoms with van der Waals surface area (Å²) < 4.78 is 0. The van der Waals surface area contributed by atoms with Gasteiger partial charge in [0.15, 0.2) is 0 Å². The first kappa shape index (κ1) is 13.0. The molecule has 0 aromatic rings. The van der Waals surface area contributed by atoms with E-state index in [1.54, 1.807) is 0 Å². The number of nitrogens with two attached hydrogens (primary N) is 1. The van der Waals surface area contributed by atoms with E-state index in [1.807, 2.05) is 0 Å². The van der Waals surface area contributed by atoms with Crippen molar-refractivity contribution in [2.45, 2.75) is 52.5 Å². The fraction of sp³-hybridized carbons (Fsp3) is 1.00. The number of hydrogen-bond acceptors (Lipinski definition) is 2. The Kier molecular flexibility index (Phi) is 5.62. The van der Waals surface area contributed by atoms with Crippen LogP contribution in [0.15, 0.2) is 0 Å². The minimum Gasteiger partial charge on any atom is -0.330 e. The van der Waals surface area contributed by atoms with Gasteiger partial charge in [-0.3, -0.25) is 0 Å². The molecule has 1 rings (SSSR count). The van der Waals surface area contributed by atoms with Crippen LogP contribution < -0.4 is 5.73 Å². The van der Waals surface area contributed by atoms with Crippen molar-refractivity contribution in [2.24, 2.45) is 17.6 Å². The van der Waals surface area contributed by atoms with Crippen LogP contribution in [0.5, 0.6) is 0 Å². The first-order valence-electron chi connectivity index (χ1n) is 6.63.